The Morgan fingerprint density at radius 2 is 2.05 bits per heavy atom. The van der Waals surface area contributed by atoms with Gasteiger partial charge >= 0.3 is 5.97 Å². The summed E-state index contributed by atoms with van der Waals surface area (Å²) in [5.41, 5.74) is 1.53. The zero-order valence-electron chi connectivity index (χ0n) is 12.6. The molecule has 1 unspecified atom stereocenters. The second-order valence-electron chi connectivity index (χ2n) is 7.03. The minimum atomic E-state index is -0.0561. The molecular weight excluding hydrogens is 351 g/mol. The van der Waals surface area contributed by atoms with Gasteiger partial charge in [-0.05, 0) is 42.9 Å². The molecule has 0 N–H and O–H groups in total. The Bertz CT molecular complexity index is 413. The van der Waals surface area contributed by atoms with Crippen LogP contribution in [0.2, 0.25) is 0 Å². The van der Waals surface area contributed by atoms with Crippen molar-refractivity contribution < 1.29 is 9.53 Å². The van der Waals surface area contributed by atoms with Gasteiger partial charge < -0.3 is 4.74 Å². The Balaban J connectivity index is 2.46. The van der Waals surface area contributed by atoms with Gasteiger partial charge in [0.2, 0.25) is 0 Å². The third-order valence-corrected chi connectivity index (χ3v) is 7.89. The van der Waals surface area contributed by atoms with Crippen LogP contribution in [0.25, 0.3) is 0 Å². The fourth-order valence-corrected chi connectivity index (χ4v) is 5.23. The van der Waals surface area contributed by atoms with E-state index in [9.17, 15) is 4.79 Å². The van der Waals surface area contributed by atoms with Gasteiger partial charge in [0.05, 0.1) is 13.0 Å². The molecule has 0 radical (unpaired) electrons. The van der Waals surface area contributed by atoms with Gasteiger partial charge in [-0.3, -0.25) is 4.79 Å². The molecule has 0 bridgehead atoms. The molecule has 3 heteroatoms. The van der Waals surface area contributed by atoms with Crippen LogP contribution in [0.15, 0.2) is 11.6 Å². The summed E-state index contributed by atoms with van der Waals surface area (Å²) in [5.74, 6) is 0.450. The lowest BCUT2D eigenvalue weighted by molar-refractivity contribution is -0.154. The largest absolute Gasteiger partial charge is 0.469 e. The van der Waals surface area contributed by atoms with Crippen molar-refractivity contribution >= 4 is 28.6 Å². The number of ether oxygens (including phenoxy) is 1. The first-order valence-corrected chi connectivity index (χ1v) is 8.38. The normalized spacial score (nSPS) is 41.2. The van der Waals surface area contributed by atoms with Crippen molar-refractivity contribution in [1.29, 1.82) is 0 Å². The SMILES string of the molecule is COC(=O)[C@H]1C(C)=CCC2C(C)(C)[C@@H](I)CC[C@@]21C. The summed E-state index contributed by atoms with van der Waals surface area (Å²) >= 11 is 2.60. The van der Waals surface area contributed by atoms with Gasteiger partial charge in [0.1, 0.15) is 0 Å². The quantitative estimate of drug-likeness (QED) is 0.294. The molecule has 2 nitrogen and oxygen atoms in total. The van der Waals surface area contributed by atoms with E-state index in [0.29, 0.717) is 9.84 Å². The molecule has 0 aromatic rings. The van der Waals surface area contributed by atoms with E-state index in [-0.39, 0.29) is 22.7 Å². The van der Waals surface area contributed by atoms with E-state index in [4.69, 9.17) is 4.74 Å². The highest BCUT2D eigenvalue weighted by Crippen LogP contribution is 2.61. The number of alkyl halides is 1. The van der Waals surface area contributed by atoms with Gasteiger partial charge in [-0.15, -0.1) is 0 Å². The molecule has 0 aromatic heterocycles. The van der Waals surface area contributed by atoms with Gasteiger partial charge in [-0.25, -0.2) is 0 Å². The molecule has 2 aliphatic rings. The Kier molecular flexibility index (Phi) is 4.07. The van der Waals surface area contributed by atoms with E-state index in [1.807, 2.05) is 0 Å². The molecule has 1 fully saturated rings. The van der Waals surface area contributed by atoms with Crippen LogP contribution in [0.3, 0.4) is 0 Å². The molecule has 0 aromatic carbocycles. The monoisotopic (exact) mass is 376 g/mol. The molecule has 1 saturated carbocycles. The summed E-state index contributed by atoms with van der Waals surface area (Å²) in [5, 5.41) is 0. The number of carbonyl (C=O) groups excluding carboxylic acids is 1. The standard InChI is InChI=1S/C16H25IO2/c1-10-6-7-11-15(2,3)12(17)8-9-16(11,4)13(10)14(18)19-5/h6,11-13H,7-9H2,1-5H3/t11?,12-,13+,16-/m0/s1. The molecule has 108 valence electrons. The lowest BCUT2D eigenvalue weighted by Crippen LogP contribution is -2.54. The summed E-state index contributed by atoms with van der Waals surface area (Å²) in [6.45, 7) is 9.14. The summed E-state index contributed by atoms with van der Waals surface area (Å²) in [6, 6.07) is 0. The van der Waals surface area contributed by atoms with Crippen LogP contribution in [-0.4, -0.2) is 17.0 Å². The van der Waals surface area contributed by atoms with Crippen LogP contribution in [-0.2, 0) is 9.53 Å². The highest BCUT2D eigenvalue weighted by molar-refractivity contribution is 14.1. The molecule has 2 aliphatic carbocycles. The first-order chi connectivity index (χ1) is 8.75. The zero-order chi connectivity index (χ0) is 14.4. The van der Waals surface area contributed by atoms with Crippen molar-refractivity contribution in [2.45, 2.75) is 50.9 Å². The summed E-state index contributed by atoms with van der Waals surface area (Å²) in [7, 11) is 1.51. The average molecular weight is 376 g/mol. The average Bonchev–Trinajstić information content (AvgIpc) is 2.33. The van der Waals surface area contributed by atoms with Gasteiger partial charge in [-0.2, -0.15) is 0 Å². The molecule has 0 heterocycles. The fraction of sp³-hybridized carbons (Fsp3) is 0.812. The zero-order valence-corrected chi connectivity index (χ0v) is 14.8. The number of hydrogen-bond donors (Lipinski definition) is 0. The first-order valence-electron chi connectivity index (χ1n) is 7.13. The van der Waals surface area contributed by atoms with Gasteiger partial charge in [0, 0.05) is 3.92 Å². The van der Waals surface area contributed by atoms with Crippen molar-refractivity contribution in [3.63, 3.8) is 0 Å². The van der Waals surface area contributed by atoms with Gasteiger partial charge in [-0.1, -0.05) is 55.0 Å². The predicted molar refractivity (Wildman–Crippen MR) is 86.3 cm³/mol. The third-order valence-electron chi connectivity index (χ3n) is 5.67. The summed E-state index contributed by atoms with van der Waals surface area (Å²) in [4.78, 5) is 12.3. The van der Waals surface area contributed by atoms with E-state index >= 15 is 0 Å². The number of methoxy groups -OCH3 is 1. The smallest absolute Gasteiger partial charge is 0.313 e. The number of rotatable bonds is 1. The molecule has 2 rings (SSSR count). The maximum atomic E-state index is 12.3. The van der Waals surface area contributed by atoms with Crippen LogP contribution in [0, 0.1) is 22.7 Å². The third kappa shape index (κ3) is 2.26. The Morgan fingerprint density at radius 1 is 1.42 bits per heavy atom. The Labute approximate surface area is 130 Å². The minimum Gasteiger partial charge on any atom is -0.469 e. The van der Waals surface area contributed by atoms with Crippen LogP contribution in [0.1, 0.15) is 47.0 Å². The van der Waals surface area contributed by atoms with Gasteiger partial charge in [0.25, 0.3) is 0 Å². The second-order valence-corrected chi connectivity index (χ2v) is 8.53. The first kappa shape index (κ1) is 15.3. The number of allylic oxidation sites excluding steroid dienone is 1. The molecule has 0 spiro atoms. The molecule has 19 heavy (non-hydrogen) atoms. The van der Waals surface area contributed by atoms with Crippen molar-refractivity contribution in [1.82, 2.24) is 0 Å². The topological polar surface area (TPSA) is 26.3 Å². The lowest BCUT2D eigenvalue weighted by atomic mass is 9.48. The lowest BCUT2D eigenvalue weighted by Gasteiger charge is -2.57. The summed E-state index contributed by atoms with van der Waals surface area (Å²) < 4.78 is 5.78. The van der Waals surface area contributed by atoms with Crippen LogP contribution in [0.4, 0.5) is 0 Å². The second kappa shape index (κ2) is 5.05. The fourth-order valence-electron chi connectivity index (χ4n) is 4.49. The molecule has 4 atom stereocenters. The van der Waals surface area contributed by atoms with E-state index < -0.39 is 0 Å². The summed E-state index contributed by atoms with van der Waals surface area (Å²) in [6.07, 6.45) is 5.69. The van der Waals surface area contributed by atoms with Crippen LogP contribution >= 0.6 is 22.6 Å². The number of carbonyl (C=O) groups is 1. The van der Waals surface area contributed by atoms with Crippen molar-refractivity contribution in [3.8, 4) is 0 Å². The maximum absolute atomic E-state index is 12.3. The van der Waals surface area contributed by atoms with E-state index in [0.717, 1.165) is 12.8 Å². The number of esters is 1. The highest BCUT2D eigenvalue weighted by Gasteiger charge is 2.56. The number of hydrogen-bond acceptors (Lipinski definition) is 2. The minimum absolute atomic E-state index is 0.0522. The van der Waals surface area contributed by atoms with Crippen molar-refractivity contribution in [2.24, 2.45) is 22.7 Å². The van der Waals surface area contributed by atoms with Crippen LogP contribution < -0.4 is 0 Å². The number of halogens is 1. The highest BCUT2D eigenvalue weighted by atomic mass is 127. The molecule has 0 saturated heterocycles. The maximum Gasteiger partial charge on any atom is 0.313 e. The molecule has 0 amide bonds. The van der Waals surface area contributed by atoms with Crippen molar-refractivity contribution in [2.75, 3.05) is 7.11 Å². The molecular formula is C16H25IO2. The Morgan fingerprint density at radius 3 is 2.63 bits per heavy atom. The van der Waals surface area contributed by atoms with Crippen LogP contribution in [0.5, 0.6) is 0 Å². The van der Waals surface area contributed by atoms with Crippen molar-refractivity contribution in [3.05, 3.63) is 11.6 Å². The number of fused-ring (bicyclic) bond motifs is 1. The van der Waals surface area contributed by atoms with E-state index in [1.165, 1.54) is 19.1 Å². The van der Waals surface area contributed by atoms with E-state index in [2.05, 4.69) is 56.4 Å². The van der Waals surface area contributed by atoms with E-state index in [1.54, 1.807) is 0 Å². The van der Waals surface area contributed by atoms with Gasteiger partial charge in [0.15, 0.2) is 0 Å². The Hall–Kier alpha value is -0.0600. The predicted octanol–water partition coefficient (Wildman–Crippen LogP) is 4.37. The molecule has 0 aliphatic heterocycles.